The van der Waals surface area contributed by atoms with Gasteiger partial charge in [0.15, 0.2) is 0 Å². The molecule has 1 aromatic rings. The van der Waals surface area contributed by atoms with Crippen molar-refractivity contribution in [1.82, 2.24) is 0 Å². The maximum atomic E-state index is 12.6. The molecule has 2 N–H and O–H groups in total. The summed E-state index contributed by atoms with van der Waals surface area (Å²) in [5.41, 5.74) is 6.11. The molecule has 0 spiro atoms. The van der Waals surface area contributed by atoms with Gasteiger partial charge >= 0.3 is 0 Å². The molecule has 0 atom stereocenters. The zero-order chi connectivity index (χ0) is 9.68. The molecule has 0 radical (unpaired) electrons. The number of alkyl halides is 1. The number of benzene rings is 1. The van der Waals surface area contributed by atoms with Crippen molar-refractivity contribution in [3.63, 3.8) is 0 Å². The van der Waals surface area contributed by atoms with E-state index < -0.39 is 0 Å². The van der Waals surface area contributed by atoms with E-state index in [-0.39, 0.29) is 18.2 Å². The predicted molar refractivity (Wildman–Crippen MR) is 64.1 cm³/mol. The van der Waals surface area contributed by atoms with Gasteiger partial charge in [-0.2, -0.15) is 0 Å². The molecule has 5 heteroatoms. The number of nitrogen functional groups attached to an aromatic ring is 1. The molecule has 0 aliphatic rings. The van der Waals surface area contributed by atoms with Crippen molar-refractivity contribution in [3.8, 4) is 0 Å². The van der Waals surface area contributed by atoms with Crippen molar-refractivity contribution >= 4 is 41.5 Å². The van der Waals surface area contributed by atoms with E-state index in [2.05, 4.69) is 0 Å². The highest BCUT2D eigenvalue weighted by molar-refractivity contribution is 7.99. The van der Waals surface area contributed by atoms with Crippen LogP contribution in [0.2, 0.25) is 0 Å². The van der Waals surface area contributed by atoms with Gasteiger partial charge in [0.05, 0.1) is 0 Å². The molecule has 14 heavy (non-hydrogen) atoms. The van der Waals surface area contributed by atoms with Gasteiger partial charge in [-0.05, 0) is 30.4 Å². The molecule has 0 saturated heterocycles. The molecule has 0 bridgehead atoms. The van der Waals surface area contributed by atoms with Crippen molar-refractivity contribution in [2.24, 2.45) is 0 Å². The van der Waals surface area contributed by atoms with E-state index in [0.29, 0.717) is 11.6 Å². The summed E-state index contributed by atoms with van der Waals surface area (Å²) in [7, 11) is 0. The molecule has 0 aliphatic carbocycles. The maximum absolute atomic E-state index is 12.6. The van der Waals surface area contributed by atoms with E-state index in [1.54, 1.807) is 17.8 Å². The quantitative estimate of drug-likeness (QED) is 0.386. The van der Waals surface area contributed by atoms with Crippen LogP contribution in [0, 0.1) is 5.82 Å². The second kappa shape index (κ2) is 7.21. The molecule has 0 saturated carbocycles. The monoisotopic (exact) mass is 255 g/mol. The molecule has 1 rings (SSSR count). The lowest BCUT2D eigenvalue weighted by atomic mass is 10.3. The number of thioether (sulfide) groups is 1. The zero-order valence-electron chi connectivity index (χ0n) is 7.50. The fraction of sp³-hybridized carbons (Fsp3) is 0.333. The average Bonchev–Trinajstić information content (AvgIpc) is 2.09. The summed E-state index contributed by atoms with van der Waals surface area (Å²) >= 11 is 7.13. The Morgan fingerprint density at radius 1 is 1.43 bits per heavy atom. The zero-order valence-corrected chi connectivity index (χ0v) is 9.89. The molecule has 0 fully saturated rings. The average molecular weight is 256 g/mol. The van der Waals surface area contributed by atoms with Crippen LogP contribution < -0.4 is 5.73 Å². The number of halogens is 3. The second-order valence-corrected chi connectivity index (χ2v) is 4.09. The van der Waals surface area contributed by atoms with Gasteiger partial charge in [-0.3, -0.25) is 0 Å². The number of nitrogens with two attached hydrogens (primary N) is 1. The van der Waals surface area contributed by atoms with Crippen LogP contribution in [0.5, 0.6) is 0 Å². The normalized spacial score (nSPS) is 9.57. The molecule has 1 nitrogen and oxygen atoms in total. The first kappa shape index (κ1) is 13.9. The molecule has 1 aromatic carbocycles. The van der Waals surface area contributed by atoms with Crippen LogP contribution in [0.4, 0.5) is 10.1 Å². The van der Waals surface area contributed by atoms with Gasteiger partial charge in [0, 0.05) is 16.5 Å². The number of anilines is 1. The minimum absolute atomic E-state index is 0. The van der Waals surface area contributed by atoms with Crippen molar-refractivity contribution in [3.05, 3.63) is 24.0 Å². The third-order valence-corrected chi connectivity index (χ3v) is 2.95. The Labute approximate surface area is 98.6 Å². The maximum Gasteiger partial charge on any atom is 0.125 e. The van der Waals surface area contributed by atoms with Gasteiger partial charge in [0.2, 0.25) is 0 Å². The lowest BCUT2D eigenvalue weighted by Gasteiger charge is -2.03. The standard InChI is InChI=1S/C9H11ClFNS.ClH/c10-4-1-5-13-9-3-2-7(11)6-8(9)12;/h2-3,6H,1,4-5,12H2;1H. The van der Waals surface area contributed by atoms with E-state index in [1.807, 2.05) is 0 Å². The SMILES string of the molecule is Cl.Nc1cc(F)ccc1SCCCCl. The minimum Gasteiger partial charge on any atom is -0.398 e. The van der Waals surface area contributed by atoms with Crippen molar-refractivity contribution in [2.45, 2.75) is 11.3 Å². The molecule has 0 aliphatic heterocycles. The summed E-state index contributed by atoms with van der Waals surface area (Å²) < 4.78 is 12.6. The number of hydrogen-bond acceptors (Lipinski definition) is 2. The number of rotatable bonds is 4. The summed E-state index contributed by atoms with van der Waals surface area (Å²) in [5.74, 6) is 1.27. The highest BCUT2D eigenvalue weighted by Gasteiger charge is 2.00. The van der Waals surface area contributed by atoms with Gasteiger partial charge < -0.3 is 5.73 Å². The van der Waals surface area contributed by atoms with Gasteiger partial charge in [0.25, 0.3) is 0 Å². The van der Waals surface area contributed by atoms with Gasteiger partial charge in [-0.1, -0.05) is 0 Å². The molecular formula is C9H12Cl2FNS. The van der Waals surface area contributed by atoms with Crippen molar-refractivity contribution in [1.29, 1.82) is 0 Å². The number of hydrogen-bond donors (Lipinski definition) is 1. The first-order valence-corrected chi connectivity index (χ1v) is 5.50. The summed E-state index contributed by atoms with van der Waals surface area (Å²) in [4.78, 5) is 0.923. The minimum atomic E-state index is -0.292. The topological polar surface area (TPSA) is 26.0 Å². The fourth-order valence-corrected chi connectivity index (χ4v) is 2.08. The molecule has 0 amide bonds. The van der Waals surface area contributed by atoms with Crippen LogP contribution in [0.3, 0.4) is 0 Å². The lowest BCUT2D eigenvalue weighted by Crippen LogP contribution is -1.90. The van der Waals surface area contributed by atoms with Crippen LogP contribution >= 0.6 is 35.8 Å². The van der Waals surface area contributed by atoms with E-state index in [1.165, 1.54) is 12.1 Å². The summed E-state index contributed by atoms with van der Waals surface area (Å²) in [5, 5.41) is 0. The van der Waals surface area contributed by atoms with Crippen molar-refractivity contribution in [2.75, 3.05) is 17.4 Å². The van der Waals surface area contributed by atoms with Gasteiger partial charge in [0.1, 0.15) is 5.82 Å². The molecule has 0 unspecified atom stereocenters. The Morgan fingerprint density at radius 2 is 2.14 bits per heavy atom. The van der Waals surface area contributed by atoms with Crippen LogP contribution in [0.15, 0.2) is 23.1 Å². The van der Waals surface area contributed by atoms with Gasteiger partial charge in [-0.25, -0.2) is 4.39 Å². The van der Waals surface area contributed by atoms with Crippen molar-refractivity contribution < 1.29 is 4.39 Å². The third kappa shape index (κ3) is 4.40. The predicted octanol–water partition coefficient (Wildman–Crippen LogP) is 3.55. The van der Waals surface area contributed by atoms with E-state index in [4.69, 9.17) is 17.3 Å². The Kier molecular flexibility index (Phi) is 7.15. The van der Waals surface area contributed by atoms with Gasteiger partial charge in [-0.15, -0.1) is 35.8 Å². The Bertz CT molecular complexity index is 284. The molecular weight excluding hydrogens is 244 g/mol. The van der Waals surface area contributed by atoms with Crippen LogP contribution in [-0.2, 0) is 0 Å². The largest absolute Gasteiger partial charge is 0.398 e. The first-order valence-electron chi connectivity index (χ1n) is 3.98. The van der Waals surface area contributed by atoms with E-state index in [9.17, 15) is 4.39 Å². The van der Waals surface area contributed by atoms with Crippen LogP contribution in [0.1, 0.15) is 6.42 Å². The Morgan fingerprint density at radius 3 is 2.71 bits per heavy atom. The first-order chi connectivity index (χ1) is 6.24. The third-order valence-electron chi connectivity index (χ3n) is 1.51. The smallest absolute Gasteiger partial charge is 0.125 e. The lowest BCUT2D eigenvalue weighted by molar-refractivity contribution is 0.627. The summed E-state index contributed by atoms with van der Waals surface area (Å²) in [6.45, 7) is 0. The molecule has 80 valence electrons. The Hall–Kier alpha value is -0.120. The molecule has 0 aromatic heterocycles. The molecule has 0 heterocycles. The Balaban J connectivity index is 0.00000169. The van der Waals surface area contributed by atoms with E-state index >= 15 is 0 Å². The van der Waals surface area contributed by atoms with Crippen LogP contribution in [-0.4, -0.2) is 11.6 Å². The summed E-state index contributed by atoms with van der Waals surface area (Å²) in [6.07, 6.45) is 0.934. The van der Waals surface area contributed by atoms with Crippen LogP contribution in [0.25, 0.3) is 0 Å². The highest BCUT2D eigenvalue weighted by atomic mass is 35.5. The highest BCUT2D eigenvalue weighted by Crippen LogP contribution is 2.25. The van der Waals surface area contributed by atoms with E-state index in [0.717, 1.165) is 17.1 Å². The summed E-state index contributed by atoms with van der Waals surface area (Å²) in [6, 6.07) is 4.45. The fourth-order valence-electron chi connectivity index (χ4n) is 0.887. The second-order valence-electron chi connectivity index (χ2n) is 2.57.